The van der Waals surface area contributed by atoms with Crippen LogP contribution in [-0.2, 0) is 0 Å². The van der Waals surface area contributed by atoms with E-state index in [1.165, 1.54) is 0 Å². The van der Waals surface area contributed by atoms with Crippen molar-refractivity contribution in [1.29, 1.82) is 0 Å². The average molecular weight is 331 g/mol. The van der Waals surface area contributed by atoms with Crippen LogP contribution in [0.4, 0.5) is 4.79 Å². The van der Waals surface area contributed by atoms with Crippen LogP contribution in [0.25, 0.3) is 0 Å². The highest BCUT2D eigenvalue weighted by Gasteiger charge is 2.27. The zero-order valence-electron chi connectivity index (χ0n) is 14.5. The monoisotopic (exact) mass is 331 g/mol. The van der Waals surface area contributed by atoms with Crippen molar-refractivity contribution >= 4 is 6.03 Å². The van der Waals surface area contributed by atoms with Gasteiger partial charge in [-0.25, -0.2) is 4.79 Å². The molecule has 7 nitrogen and oxygen atoms in total. The van der Waals surface area contributed by atoms with E-state index in [1.807, 2.05) is 24.8 Å². The van der Waals surface area contributed by atoms with E-state index < -0.39 is 0 Å². The lowest BCUT2D eigenvalue weighted by molar-refractivity contribution is 0.176. The van der Waals surface area contributed by atoms with Crippen molar-refractivity contribution in [3.63, 3.8) is 0 Å². The molecule has 2 amide bonds. The van der Waals surface area contributed by atoms with Crippen LogP contribution in [0.2, 0.25) is 0 Å². The Morgan fingerprint density at radius 1 is 1.46 bits per heavy atom. The summed E-state index contributed by atoms with van der Waals surface area (Å²) < 4.78 is 5.24. The standard InChI is InChI=1S/C17H25N5O2/c1-4-14(16-11(2)21-24-12(16)3)19-17(23)22-9-6-13(7-10-22)15-5-8-18-20-15/h5,8,13-14H,4,6-7,9-10H2,1-3H3,(H,18,20)(H,19,23). The van der Waals surface area contributed by atoms with Crippen LogP contribution >= 0.6 is 0 Å². The third-order valence-electron chi connectivity index (χ3n) is 4.89. The number of hydrogen-bond acceptors (Lipinski definition) is 4. The average Bonchev–Trinajstić information content (AvgIpc) is 3.24. The van der Waals surface area contributed by atoms with Gasteiger partial charge in [0.2, 0.25) is 0 Å². The molecule has 1 aliphatic heterocycles. The van der Waals surface area contributed by atoms with Gasteiger partial charge in [0.1, 0.15) is 5.76 Å². The fourth-order valence-corrected chi connectivity index (χ4v) is 3.49. The summed E-state index contributed by atoms with van der Waals surface area (Å²) in [6.07, 6.45) is 4.50. The van der Waals surface area contributed by atoms with Gasteiger partial charge in [-0.1, -0.05) is 12.1 Å². The molecule has 3 rings (SSSR count). The van der Waals surface area contributed by atoms with Crippen molar-refractivity contribution in [2.24, 2.45) is 0 Å². The second-order valence-corrected chi connectivity index (χ2v) is 6.42. The quantitative estimate of drug-likeness (QED) is 0.901. The number of piperidine rings is 1. The van der Waals surface area contributed by atoms with Crippen LogP contribution < -0.4 is 5.32 Å². The first-order chi connectivity index (χ1) is 11.6. The van der Waals surface area contributed by atoms with Gasteiger partial charge in [-0.2, -0.15) is 5.10 Å². The molecule has 1 aliphatic rings. The number of hydrogen-bond donors (Lipinski definition) is 2. The van der Waals surface area contributed by atoms with Crippen LogP contribution in [0.5, 0.6) is 0 Å². The second kappa shape index (κ2) is 7.07. The maximum Gasteiger partial charge on any atom is 0.317 e. The van der Waals surface area contributed by atoms with Crippen molar-refractivity contribution in [2.75, 3.05) is 13.1 Å². The molecule has 0 aliphatic carbocycles. The molecule has 0 bridgehead atoms. The van der Waals surface area contributed by atoms with Crippen LogP contribution in [0.15, 0.2) is 16.8 Å². The smallest absolute Gasteiger partial charge is 0.317 e. The highest BCUT2D eigenvalue weighted by Crippen LogP contribution is 2.27. The molecule has 2 N–H and O–H groups in total. The zero-order valence-corrected chi connectivity index (χ0v) is 14.5. The zero-order chi connectivity index (χ0) is 17.1. The first kappa shape index (κ1) is 16.5. The highest BCUT2D eigenvalue weighted by atomic mass is 16.5. The molecule has 7 heteroatoms. The van der Waals surface area contributed by atoms with Crippen LogP contribution in [0.1, 0.15) is 60.9 Å². The van der Waals surface area contributed by atoms with E-state index in [4.69, 9.17) is 4.52 Å². The van der Waals surface area contributed by atoms with E-state index in [0.717, 1.165) is 55.1 Å². The molecule has 0 aromatic carbocycles. The lowest BCUT2D eigenvalue weighted by atomic mass is 9.94. The molecule has 2 aromatic rings. The Morgan fingerprint density at radius 3 is 2.75 bits per heavy atom. The molecule has 0 radical (unpaired) electrons. The van der Waals surface area contributed by atoms with Gasteiger partial charge in [0.25, 0.3) is 0 Å². The fourth-order valence-electron chi connectivity index (χ4n) is 3.49. The van der Waals surface area contributed by atoms with Gasteiger partial charge in [-0.15, -0.1) is 0 Å². The lowest BCUT2D eigenvalue weighted by Gasteiger charge is -2.32. The number of aryl methyl sites for hydroxylation is 2. The maximum absolute atomic E-state index is 12.6. The Labute approximate surface area is 141 Å². The van der Waals surface area contributed by atoms with Crippen LogP contribution in [0, 0.1) is 13.8 Å². The number of nitrogens with zero attached hydrogens (tertiary/aromatic N) is 3. The van der Waals surface area contributed by atoms with Crippen molar-refractivity contribution in [1.82, 2.24) is 25.6 Å². The molecule has 130 valence electrons. The van der Waals surface area contributed by atoms with E-state index >= 15 is 0 Å². The van der Waals surface area contributed by atoms with Crippen molar-refractivity contribution in [2.45, 2.75) is 52.0 Å². The van der Waals surface area contributed by atoms with Gasteiger partial charge in [-0.05, 0) is 39.2 Å². The molecule has 0 spiro atoms. The summed E-state index contributed by atoms with van der Waals surface area (Å²) in [4.78, 5) is 14.5. The molecule has 1 atom stereocenters. The first-order valence-corrected chi connectivity index (χ1v) is 8.57. The summed E-state index contributed by atoms with van der Waals surface area (Å²) in [5.41, 5.74) is 3.01. The van der Waals surface area contributed by atoms with Crippen LogP contribution in [0.3, 0.4) is 0 Å². The largest absolute Gasteiger partial charge is 0.361 e. The summed E-state index contributed by atoms with van der Waals surface area (Å²) >= 11 is 0. The van der Waals surface area contributed by atoms with E-state index in [1.54, 1.807) is 6.20 Å². The summed E-state index contributed by atoms with van der Waals surface area (Å²) in [5, 5.41) is 14.2. The van der Waals surface area contributed by atoms with Crippen LogP contribution in [-0.4, -0.2) is 39.4 Å². The van der Waals surface area contributed by atoms with Crippen molar-refractivity contribution in [3.05, 3.63) is 35.0 Å². The number of carbonyl (C=O) groups excluding carboxylic acids is 1. The van der Waals surface area contributed by atoms with Gasteiger partial charge in [0.15, 0.2) is 0 Å². The Morgan fingerprint density at radius 2 is 2.21 bits per heavy atom. The molecule has 0 saturated carbocycles. The van der Waals surface area contributed by atoms with Gasteiger partial charge < -0.3 is 14.7 Å². The third kappa shape index (κ3) is 3.29. The molecule has 3 heterocycles. The fraction of sp³-hybridized carbons (Fsp3) is 0.588. The van der Waals surface area contributed by atoms with Gasteiger partial charge in [0, 0.05) is 36.5 Å². The van der Waals surface area contributed by atoms with Crippen molar-refractivity contribution < 1.29 is 9.32 Å². The van der Waals surface area contributed by atoms with Gasteiger partial charge in [0.05, 0.1) is 11.7 Å². The molecule has 24 heavy (non-hydrogen) atoms. The predicted octanol–water partition coefficient (Wildman–Crippen LogP) is 3.05. The number of aromatic amines is 1. The second-order valence-electron chi connectivity index (χ2n) is 6.42. The van der Waals surface area contributed by atoms with E-state index in [2.05, 4.69) is 27.6 Å². The number of urea groups is 1. The number of carbonyl (C=O) groups is 1. The normalized spacial score (nSPS) is 17.0. The number of likely N-dealkylation sites (tertiary alicyclic amines) is 1. The summed E-state index contributed by atoms with van der Waals surface area (Å²) in [5.74, 6) is 1.23. The van der Waals surface area contributed by atoms with E-state index in [0.29, 0.717) is 5.92 Å². The number of amides is 2. The number of aromatic nitrogens is 3. The highest BCUT2D eigenvalue weighted by molar-refractivity contribution is 5.75. The predicted molar refractivity (Wildman–Crippen MR) is 89.7 cm³/mol. The Balaban J connectivity index is 1.59. The number of rotatable bonds is 4. The summed E-state index contributed by atoms with van der Waals surface area (Å²) in [6, 6.07) is 1.95. The first-order valence-electron chi connectivity index (χ1n) is 8.57. The molecule has 1 fully saturated rings. The molecule has 2 aromatic heterocycles. The van der Waals surface area contributed by atoms with Crippen molar-refractivity contribution in [3.8, 4) is 0 Å². The number of H-pyrrole nitrogens is 1. The SMILES string of the molecule is CCC(NC(=O)N1CCC(c2ccn[nH]2)CC1)c1c(C)noc1C. The topological polar surface area (TPSA) is 87.0 Å². The molecular formula is C17H25N5O2. The Kier molecular flexibility index (Phi) is 4.87. The van der Waals surface area contributed by atoms with Gasteiger partial charge in [-0.3, -0.25) is 5.10 Å². The minimum Gasteiger partial charge on any atom is -0.361 e. The number of nitrogens with one attached hydrogen (secondary N) is 2. The van der Waals surface area contributed by atoms with E-state index in [-0.39, 0.29) is 12.1 Å². The molecule has 1 unspecified atom stereocenters. The Bertz CT molecular complexity index is 652. The van der Waals surface area contributed by atoms with Gasteiger partial charge >= 0.3 is 6.03 Å². The molecular weight excluding hydrogens is 306 g/mol. The molecule has 1 saturated heterocycles. The minimum absolute atomic E-state index is 0.00934. The minimum atomic E-state index is -0.0610. The Hall–Kier alpha value is -2.31. The summed E-state index contributed by atoms with van der Waals surface area (Å²) in [7, 11) is 0. The maximum atomic E-state index is 12.6. The van der Waals surface area contributed by atoms with E-state index in [9.17, 15) is 4.79 Å². The third-order valence-corrected chi connectivity index (χ3v) is 4.89. The lowest BCUT2D eigenvalue weighted by Crippen LogP contribution is -2.45. The summed E-state index contributed by atoms with van der Waals surface area (Å²) in [6.45, 7) is 7.37.